The third kappa shape index (κ3) is 5.77. The predicted molar refractivity (Wildman–Crippen MR) is 139 cm³/mol. The molecular weight excluding hydrogens is 445 g/mol. The lowest BCUT2D eigenvalue weighted by atomic mass is 9.90. The Labute approximate surface area is 200 Å². The fourth-order valence-electron chi connectivity index (χ4n) is 3.97. The number of fused-ring (bicyclic) bond motifs is 1. The largest absolute Gasteiger partial charge is 0.252 e. The Morgan fingerprint density at radius 3 is 1.30 bits per heavy atom. The van der Waals surface area contributed by atoms with Gasteiger partial charge in [-0.3, -0.25) is 9.98 Å². The SMILES string of the molecule is CCCSc1c(SCCC)c(SCCC)c2c(c1SCCC)=NC1(CCCCC1)N=2. The second-order valence-electron chi connectivity index (χ2n) is 8.17. The summed E-state index contributed by atoms with van der Waals surface area (Å²) in [5.41, 5.74) is -0.162. The van der Waals surface area contributed by atoms with E-state index in [2.05, 4.69) is 51.2 Å². The van der Waals surface area contributed by atoms with E-state index in [1.54, 1.807) is 0 Å². The maximum atomic E-state index is 5.43. The van der Waals surface area contributed by atoms with Crippen molar-refractivity contribution >= 4 is 47.0 Å². The maximum Gasteiger partial charge on any atom is 0.151 e. The van der Waals surface area contributed by atoms with E-state index < -0.39 is 0 Å². The van der Waals surface area contributed by atoms with E-state index >= 15 is 0 Å². The van der Waals surface area contributed by atoms with Gasteiger partial charge >= 0.3 is 0 Å². The van der Waals surface area contributed by atoms with Crippen LogP contribution in [-0.4, -0.2) is 28.7 Å². The predicted octanol–water partition coefficient (Wildman–Crippen LogP) is 7.61. The zero-order chi connectivity index (χ0) is 21.4. The van der Waals surface area contributed by atoms with Crippen LogP contribution in [0.25, 0.3) is 0 Å². The number of rotatable bonds is 12. The Hall–Kier alpha value is 0.220. The molecule has 0 aromatic heterocycles. The Bertz CT molecular complexity index is 755. The van der Waals surface area contributed by atoms with Crippen molar-refractivity contribution in [2.24, 2.45) is 9.98 Å². The number of thioether (sulfide) groups is 4. The molecule has 168 valence electrons. The monoisotopic (exact) mass is 482 g/mol. The van der Waals surface area contributed by atoms with Crippen LogP contribution < -0.4 is 10.7 Å². The van der Waals surface area contributed by atoms with Crippen LogP contribution in [-0.2, 0) is 0 Å². The lowest BCUT2D eigenvalue weighted by Crippen LogP contribution is -2.28. The van der Waals surface area contributed by atoms with Gasteiger partial charge < -0.3 is 0 Å². The number of hydrogen-bond donors (Lipinski definition) is 0. The Morgan fingerprint density at radius 1 is 0.567 bits per heavy atom. The van der Waals surface area contributed by atoms with E-state index in [4.69, 9.17) is 9.98 Å². The third-order valence-corrected chi connectivity index (χ3v) is 11.0. The molecule has 0 saturated heterocycles. The van der Waals surface area contributed by atoms with E-state index in [1.807, 2.05) is 23.5 Å². The first kappa shape index (κ1) is 24.9. The molecule has 1 aliphatic heterocycles. The molecule has 0 N–H and O–H groups in total. The van der Waals surface area contributed by atoms with Crippen molar-refractivity contribution in [1.29, 1.82) is 0 Å². The van der Waals surface area contributed by atoms with E-state index in [-0.39, 0.29) is 5.66 Å². The second-order valence-corrected chi connectivity index (χ2v) is 12.6. The summed E-state index contributed by atoms with van der Waals surface area (Å²) in [5, 5.41) is 2.49. The van der Waals surface area contributed by atoms with Crippen molar-refractivity contribution in [3.05, 3.63) is 10.7 Å². The number of benzene rings is 1. The summed E-state index contributed by atoms with van der Waals surface area (Å²) in [7, 11) is 0. The summed E-state index contributed by atoms with van der Waals surface area (Å²) in [6.45, 7) is 9.16. The van der Waals surface area contributed by atoms with Crippen molar-refractivity contribution in [2.45, 2.75) is 111 Å². The van der Waals surface area contributed by atoms with Gasteiger partial charge in [0.25, 0.3) is 0 Å². The average Bonchev–Trinajstić information content (AvgIpc) is 3.12. The van der Waals surface area contributed by atoms with Gasteiger partial charge in [-0.15, -0.1) is 47.0 Å². The van der Waals surface area contributed by atoms with Crippen LogP contribution in [0.3, 0.4) is 0 Å². The average molecular weight is 483 g/mol. The molecule has 0 atom stereocenters. The quantitative estimate of drug-likeness (QED) is 0.286. The highest BCUT2D eigenvalue weighted by Crippen LogP contribution is 2.43. The van der Waals surface area contributed by atoms with Crippen molar-refractivity contribution in [2.75, 3.05) is 23.0 Å². The highest BCUT2D eigenvalue weighted by Gasteiger charge is 2.35. The van der Waals surface area contributed by atoms with Crippen LogP contribution in [0, 0.1) is 0 Å². The highest BCUT2D eigenvalue weighted by atomic mass is 32.2. The standard InChI is InChI=1S/C24H38N2S4/c1-5-14-27-20-18-19(26-24(25-18)12-10-9-11-13-24)21(28-15-6-2)23(30-17-8-4)22(20)29-16-7-3/h5-17H2,1-4H3. The Kier molecular flexibility index (Phi) is 10.3. The normalized spacial score (nSPS) is 17.1. The first-order valence-electron chi connectivity index (χ1n) is 11.9. The summed E-state index contributed by atoms with van der Waals surface area (Å²) in [6.07, 6.45) is 11.0. The van der Waals surface area contributed by atoms with Crippen molar-refractivity contribution < 1.29 is 0 Å². The van der Waals surface area contributed by atoms with Crippen LogP contribution in [0.2, 0.25) is 0 Å². The van der Waals surface area contributed by atoms with Crippen LogP contribution in [0.15, 0.2) is 29.6 Å². The molecule has 0 bridgehead atoms. The van der Waals surface area contributed by atoms with E-state index in [9.17, 15) is 0 Å². The molecule has 30 heavy (non-hydrogen) atoms. The molecule has 0 unspecified atom stereocenters. The maximum absolute atomic E-state index is 5.43. The van der Waals surface area contributed by atoms with Gasteiger partial charge in [0.15, 0.2) is 5.66 Å². The van der Waals surface area contributed by atoms with Crippen LogP contribution in [0.5, 0.6) is 0 Å². The van der Waals surface area contributed by atoms with Gasteiger partial charge in [0.05, 0.1) is 0 Å². The minimum atomic E-state index is -0.162. The molecule has 1 fully saturated rings. The number of hydrogen-bond acceptors (Lipinski definition) is 6. The van der Waals surface area contributed by atoms with Crippen LogP contribution in [0.4, 0.5) is 0 Å². The molecular formula is C24H38N2S4. The Morgan fingerprint density at radius 2 is 0.933 bits per heavy atom. The van der Waals surface area contributed by atoms with Gasteiger partial charge in [-0.2, -0.15) is 0 Å². The summed E-state index contributed by atoms with van der Waals surface area (Å²) in [4.78, 5) is 16.8. The molecule has 1 saturated carbocycles. The first-order valence-corrected chi connectivity index (χ1v) is 15.8. The molecule has 2 aliphatic rings. The lowest BCUT2D eigenvalue weighted by Gasteiger charge is -2.27. The molecule has 2 nitrogen and oxygen atoms in total. The molecule has 1 aromatic rings. The summed E-state index contributed by atoms with van der Waals surface area (Å²) in [6, 6.07) is 0. The van der Waals surface area contributed by atoms with Gasteiger partial charge in [0.1, 0.15) is 10.7 Å². The fourth-order valence-corrected chi connectivity index (χ4v) is 8.74. The molecule has 1 aromatic carbocycles. The van der Waals surface area contributed by atoms with Crippen molar-refractivity contribution in [3.63, 3.8) is 0 Å². The highest BCUT2D eigenvalue weighted by molar-refractivity contribution is 8.04. The molecule has 1 heterocycles. The van der Waals surface area contributed by atoms with Crippen molar-refractivity contribution in [3.8, 4) is 0 Å². The molecule has 0 radical (unpaired) electrons. The van der Waals surface area contributed by atoms with E-state index in [0.717, 1.165) is 24.3 Å². The molecule has 1 aliphatic carbocycles. The van der Waals surface area contributed by atoms with Gasteiger partial charge in [-0.25, -0.2) is 0 Å². The smallest absolute Gasteiger partial charge is 0.151 e. The van der Waals surface area contributed by atoms with Gasteiger partial charge in [-0.1, -0.05) is 34.1 Å². The van der Waals surface area contributed by atoms with Crippen molar-refractivity contribution in [1.82, 2.24) is 0 Å². The van der Waals surface area contributed by atoms with Crippen LogP contribution in [0.1, 0.15) is 85.5 Å². The van der Waals surface area contributed by atoms with E-state index in [0.29, 0.717) is 0 Å². The number of nitrogens with zero attached hydrogens (tertiary/aromatic N) is 2. The van der Waals surface area contributed by atoms with Gasteiger partial charge in [-0.05, 0) is 74.4 Å². The molecule has 1 spiro atoms. The summed E-state index contributed by atoms with van der Waals surface area (Å²) < 4.78 is 0. The molecule has 0 amide bonds. The molecule has 6 heteroatoms. The van der Waals surface area contributed by atoms with Crippen LogP contribution >= 0.6 is 47.0 Å². The Balaban J connectivity index is 2.24. The third-order valence-electron chi connectivity index (χ3n) is 5.37. The lowest BCUT2D eigenvalue weighted by molar-refractivity contribution is 0.308. The first-order chi connectivity index (χ1) is 14.7. The van der Waals surface area contributed by atoms with E-state index in [1.165, 1.54) is 86.7 Å². The van der Waals surface area contributed by atoms with Gasteiger partial charge in [0.2, 0.25) is 0 Å². The minimum absolute atomic E-state index is 0.162. The zero-order valence-electron chi connectivity index (χ0n) is 19.2. The summed E-state index contributed by atoms with van der Waals surface area (Å²) in [5.74, 6) is 4.68. The summed E-state index contributed by atoms with van der Waals surface area (Å²) >= 11 is 8.20. The minimum Gasteiger partial charge on any atom is -0.252 e. The van der Waals surface area contributed by atoms with Gasteiger partial charge in [0, 0.05) is 19.6 Å². The molecule has 3 rings (SSSR count). The zero-order valence-corrected chi connectivity index (χ0v) is 22.5. The topological polar surface area (TPSA) is 24.7 Å². The fraction of sp³-hybridized carbons (Fsp3) is 0.750. The second kappa shape index (κ2) is 12.5.